The van der Waals surface area contributed by atoms with Crippen LogP contribution in [0.15, 0.2) is 37.1 Å². The van der Waals surface area contributed by atoms with E-state index < -0.39 is 0 Å². The van der Waals surface area contributed by atoms with Gasteiger partial charge in [-0.2, -0.15) is 0 Å². The summed E-state index contributed by atoms with van der Waals surface area (Å²) >= 11 is 0. The molecule has 0 aromatic carbocycles. The highest BCUT2D eigenvalue weighted by atomic mass is 15.3. The Balaban J connectivity index is 1.38. The maximum atomic E-state index is 4.68. The van der Waals surface area contributed by atoms with Crippen molar-refractivity contribution in [2.75, 3.05) is 19.4 Å². The zero-order chi connectivity index (χ0) is 20.0. The molecule has 5 rings (SSSR count). The molecule has 1 saturated carbocycles. The van der Waals surface area contributed by atoms with Crippen LogP contribution in [0.2, 0.25) is 0 Å². The van der Waals surface area contributed by atoms with E-state index in [1.165, 1.54) is 12.8 Å². The molecule has 29 heavy (non-hydrogen) atoms. The molecule has 4 aromatic rings. The first kappa shape index (κ1) is 18.1. The zero-order valence-corrected chi connectivity index (χ0v) is 17.1. The average Bonchev–Trinajstić information content (AvgIpc) is 3.31. The topological polar surface area (TPSA) is 75.7 Å². The molecule has 4 heterocycles. The van der Waals surface area contributed by atoms with E-state index in [1.54, 1.807) is 0 Å². The van der Waals surface area contributed by atoms with Crippen LogP contribution >= 0.6 is 0 Å². The van der Waals surface area contributed by atoms with Crippen LogP contribution in [0.4, 0.5) is 5.95 Å². The van der Waals surface area contributed by atoms with Crippen molar-refractivity contribution in [3.63, 3.8) is 0 Å². The molecule has 0 spiro atoms. The van der Waals surface area contributed by atoms with Crippen molar-refractivity contribution in [3.05, 3.63) is 42.7 Å². The van der Waals surface area contributed by atoms with Crippen LogP contribution in [-0.2, 0) is 0 Å². The van der Waals surface area contributed by atoms with Crippen LogP contribution in [0.1, 0.15) is 31.4 Å². The summed E-state index contributed by atoms with van der Waals surface area (Å²) < 4.78 is 3.89. The second-order valence-corrected chi connectivity index (χ2v) is 8.17. The Labute approximate surface area is 169 Å². The van der Waals surface area contributed by atoms with E-state index in [2.05, 4.69) is 56.6 Å². The van der Waals surface area contributed by atoms with Crippen LogP contribution in [0, 0.1) is 6.92 Å². The third-order valence-electron chi connectivity index (χ3n) is 6.04. The lowest BCUT2D eigenvalue weighted by molar-refractivity contribution is 0.221. The molecule has 4 aromatic heterocycles. The Kier molecular flexibility index (Phi) is 4.43. The predicted molar refractivity (Wildman–Crippen MR) is 113 cm³/mol. The Morgan fingerprint density at radius 3 is 2.62 bits per heavy atom. The molecule has 8 heteroatoms. The van der Waals surface area contributed by atoms with Gasteiger partial charge in [-0.3, -0.25) is 4.40 Å². The number of aromatic nitrogens is 6. The molecule has 0 bridgehead atoms. The van der Waals surface area contributed by atoms with Crippen molar-refractivity contribution < 1.29 is 0 Å². The van der Waals surface area contributed by atoms with Crippen LogP contribution in [0.25, 0.3) is 22.4 Å². The highest BCUT2D eigenvalue weighted by molar-refractivity contribution is 5.79. The van der Waals surface area contributed by atoms with Gasteiger partial charge < -0.3 is 10.2 Å². The van der Waals surface area contributed by atoms with Crippen molar-refractivity contribution in [1.82, 2.24) is 33.9 Å². The lowest BCUT2D eigenvalue weighted by Gasteiger charge is -2.32. The molecule has 0 aliphatic heterocycles. The molecule has 0 amide bonds. The fourth-order valence-electron chi connectivity index (χ4n) is 4.26. The van der Waals surface area contributed by atoms with Gasteiger partial charge in [0, 0.05) is 47.5 Å². The summed E-state index contributed by atoms with van der Waals surface area (Å²) in [5.74, 6) is 1.40. The smallest absolute Gasteiger partial charge is 0.241 e. The summed E-state index contributed by atoms with van der Waals surface area (Å²) in [6, 6.07) is 3.19. The SMILES string of the molecule is Cc1cnc2ncc(-c3ccn4nc(N[C@H]5CC[C@H](N(C)C)CC5)ncc34)cn12. The Morgan fingerprint density at radius 2 is 1.83 bits per heavy atom. The van der Waals surface area contributed by atoms with E-state index in [4.69, 9.17) is 0 Å². The molecule has 0 saturated heterocycles. The quantitative estimate of drug-likeness (QED) is 0.577. The third kappa shape index (κ3) is 3.33. The van der Waals surface area contributed by atoms with Gasteiger partial charge in [0.15, 0.2) is 0 Å². The van der Waals surface area contributed by atoms with Gasteiger partial charge in [-0.05, 0) is 52.8 Å². The summed E-state index contributed by atoms with van der Waals surface area (Å²) in [5, 5.41) is 8.21. The number of fused-ring (bicyclic) bond motifs is 2. The highest BCUT2D eigenvalue weighted by Crippen LogP contribution is 2.26. The Bertz CT molecular complexity index is 1150. The number of aryl methyl sites for hydroxylation is 1. The summed E-state index contributed by atoms with van der Waals surface area (Å²) in [5.41, 5.74) is 4.10. The molecule has 0 radical (unpaired) electrons. The maximum Gasteiger partial charge on any atom is 0.241 e. The monoisotopic (exact) mass is 390 g/mol. The number of nitrogens with zero attached hydrogens (tertiary/aromatic N) is 7. The van der Waals surface area contributed by atoms with Crippen molar-refractivity contribution in [2.45, 2.75) is 44.7 Å². The van der Waals surface area contributed by atoms with Crippen molar-refractivity contribution in [3.8, 4) is 11.1 Å². The summed E-state index contributed by atoms with van der Waals surface area (Å²) in [4.78, 5) is 15.7. The predicted octanol–water partition coefficient (Wildman–Crippen LogP) is 3.03. The minimum absolute atomic E-state index is 0.439. The van der Waals surface area contributed by atoms with Gasteiger partial charge in [-0.15, -0.1) is 5.10 Å². The van der Waals surface area contributed by atoms with Crippen LogP contribution < -0.4 is 5.32 Å². The maximum absolute atomic E-state index is 4.68. The average molecular weight is 390 g/mol. The van der Waals surface area contributed by atoms with Crippen molar-refractivity contribution in [1.29, 1.82) is 0 Å². The lowest BCUT2D eigenvalue weighted by atomic mass is 9.91. The van der Waals surface area contributed by atoms with E-state index in [-0.39, 0.29) is 0 Å². The van der Waals surface area contributed by atoms with Crippen molar-refractivity contribution in [2.24, 2.45) is 0 Å². The van der Waals surface area contributed by atoms with Gasteiger partial charge in [0.2, 0.25) is 11.7 Å². The van der Waals surface area contributed by atoms with E-state index in [0.717, 1.165) is 35.2 Å². The lowest BCUT2D eigenvalue weighted by Crippen LogP contribution is -2.36. The standard InChI is InChI=1S/C21H26N8/c1-14-10-23-21-24-11-15(13-28(14)21)18-8-9-29-19(18)12-22-20(26-29)25-16-4-6-17(7-5-16)27(2)3/h8-13,16-17H,4-7H2,1-3H3,(H,25,26)/t16-,17-. The van der Waals surface area contributed by atoms with Crippen LogP contribution in [-0.4, -0.2) is 60.0 Å². The fraction of sp³-hybridized carbons (Fsp3) is 0.429. The number of imidazole rings is 1. The minimum atomic E-state index is 0.439. The van der Waals surface area contributed by atoms with E-state index >= 15 is 0 Å². The van der Waals surface area contributed by atoms with Crippen molar-refractivity contribution >= 4 is 17.2 Å². The first-order valence-electron chi connectivity index (χ1n) is 10.2. The van der Waals surface area contributed by atoms with Gasteiger partial charge in [0.05, 0.1) is 17.9 Å². The second kappa shape index (κ2) is 7.11. The molecule has 8 nitrogen and oxygen atoms in total. The summed E-state index contributed by atoms with van der Waals surface area (Å²) in [6.45, 7) is 2.02. The van der Waals surface area contributed by atoms with E-state index in [1.807, 2.05) is 40.6 Å². The number of hydrogen-bond acceptors (Lipinski definition) is 6. The first-order valence-corrected chi connectivity index (χ1v) is 10.2. The molecule has 0 atom stereocenters. The minimum Gasteiger partial charge on any atom is -0.350 e. The first-order chi connectivity index (χ1) is 14.1. The zero-order valence-electron chi connectivity index (χ0n) is 17.1. The molecule has 1 aliphatic rings. The Hall–Kier alpha value is -3.00. The largest absolute Gasteiger partial charge is 0.350 e. The van der Waals surface area contributed by atoms with Gasteiger partial charge >= 0.3 is 0 Å². The molecular weight excluding hydrogens is 364 g/mol. The molecular formula is C21H26N8. The van der Waals surface area contributed by atoms with Gasteiger partial charge in [0.25, 0.3) is 0 Å². The molecule has 0 unspecified atom stereocenters. The van der Waals surface area contributed by atoms with Gasteiger partial charge in [-0.1, -0.05) is 0 Å². The molecule has 150 valence electrons. The van der Waals surface area contributed by atoms with E-state index in [9.17, 15) is 0 Å². The molecule has 1 aliphatic carbocycles. The highest BCUT2D eigenvalue weighted by Gasteiger charge is 2.23. The fourth-order valence-corrected chi connectivity index (χ4v) is 4.26. The Morgan fingerprint density at radius 1 is 1.03 bits per heavy atom. The number of rotatable bonds is 4. The summed E-state index contributed by atoms with van der Waals surface area (Å²) in [6.07, 6.45) is 14.3. The number of anilines is 1. The van der Waals surface area contributed by atoms with Crippen LogP contribution in [0.5, 0.6) is 0 Å². The van der Waals surface area contributed by atoms with Gasteiger partial charge in [-0.25, -0.2) is 19.5 Å². The molecule has 1 N–H and O–H groups in total. The number of nitrogens with one attached hydrogen (secondary N) is 1. The second-order valence-electron chi connectivity index (χ2n) is 8.17. The summed E-state index contributed by atoms with van der Waals surface area (Å²) in [7, 11) is 4.33. The third-order valence-corrected chi connectivity index (χ3v) is 6.04. The normalized spacial score (nSPS) is 20.0. The van der Waals surface area contributed by atoms with Crippen LogP contribution in [0.3, 0.4) is 0 Å². The van der Waals surface area contributed by atoms with E-state index in [0.29, 0.717) is 23.8 Å². The molecule has 1 fully saturated rings. The number of hydrogen-bond donors (Lipinski definition) is 1. The van der Waals surface area contributed by atoms with Gasteiger partial charge in [0.1, 0.15) is 0 Å².